The average molecular weight is 229 g/mol. The van der Waals surface area contributed by atoms with E-state index >= 15 is 0 Å². The number of nitrogens with two attached hydrogens (primary N) is 1. The molecule has 2 N–H and O–H groups in total. The summed E-state index contributed by atoms with van der Waals surface area (Å²) in [5, 5.41) is 0. The molecule has 1 aliphatic carbocycles. The number of benzene rings is 1. The van der Waals surface area contributed by atoms with E-state index in [1.165, 1.54) is 24.2 Å². The molecule has 0 amide bonds. The van der Waals surface area contributed by atoms with E-state index in [0.717, 1.165) is 18.4 Å². The Morgan fingerprint density at radius 3 is 2.88 bits per heavy atom. The van der Waals surface area contributed by atoms with Gasteiger partial charge in [0.15, 0.2) is 0 Å². The van der Waals surface area contributed by atoms with E-state index in [0.29, 0.717) is 6.04 Å². The number of nitrogens with zero attached hydrogens (tertiary/aromatic N) is 2. The number of rotatable bonds is 4. The summed E-state index contributed by atoms with van der Waals surface area (Å²) in [7, 11) is 0. The number of hydrogen-bond donors (Lipinski definition) is 1. The molecule has 1 atom stereocenters. The van der Waals surface area contributed by atoms with Crippen molar-refractivity contribution in [2.24, 2.45) is 5.73 Å². The van der Waals surface area contributed by atoms with Crippen LogP contribution in [-0.2, 0) is 6.42 Å². The molecule has 3 rings (SSSR count). The average Bonchev–Trinajstić information content (AvgIpc) is 3.11. The fraction of sp³-hybridized carbons (Fsp3) is 0.500. The minimum Gasteiger partial charge on any atom is -0.327 e. The van der Waals surface area contributed by atoms with Gasteiger partial charge in [0, 0.05) is 18.5 Å². The maximum absolute atomic E-state index is 6.06. The quantitative estimate of drug-likeness (QED) is 0.876. The molecule has 1 aromatic heterocycles. The summed E-state index contributed by atoms with van der Waals surface area (Å²) in [4.78, 5) is 4.74. The smallest absolute Gasteiger partial charge is 0.111 e. The van der Waals surface area contributed by atoms with Gasteiger partial charge in [0.25, 0.3) is 0 Å². The lowest BCUT2D eigenvalue weighted by Gasteiger charge is -2.11. The standard InChI is InChI=1S/C14H19N3/c1-2-10(15)9-14-16-12-5-3-4-6-13(12)17(14)11-7-8-11/h3-6,10-11H,2,7-9,15H2,1H3. The Balaban J connectivity index is 2.06. The lowest BCUT2D eigenvalue weighted by atomic mass is 10.1. The summed E-state index contributed by atoms with van der Waals surface area (Å²) in [5.41, 5.74) is 8.44. The molecule has 17 heavy (non-hydrogen) atoms. The molecule has 90 valence electrons. The van der Waals surface area contributed by atoms with Crippen LogP contribution in [0, 0.1) is 0 Å². The number of hydrogen-bond acceptors (Lipinski definition) is 2. The minimum atomic E-state index is 0.226. The first-order valence-electron chi connectivity index (χ1n) is 6.51. The summed E-state index contributed by atoms with van der Waals surface area (Å²) in [6.45, 7) is 2.13. The molecule has 0 radical (unpaired) electrons. The summed E-state index contributed by atoms with van der Waals surface area (Å²) < 4.78 is 2.41. The van der Waals surface area contributed by atoms with Crippen LogP contribution in [0.25, 0.3) is 11.0 Å². The first-order chi connectivity index (χ1) is 8.29. The highest BCUT2D eigenvalue weighted by Crippen LogP contribution is 2.38. The first kappa shape index (κ1) is 10.8. The van der Waals surface area contributed by atoms with Gasteiger partial charge in [0.1, 0.15) is 5.82 Å². The van der Waals surface area contributed by atoms with Gasteiger partial charge in [-0.3, -0.25) is 0 Å². The van der Waals surface area contributed by atoms with Crippen LogP contribution in [0.5, 0.6) is 0 Å². The highest BCUT2D eigenvalue weighted by Gasteiger charge is 2.28. The number of fused-ring (bicyclic) bond motifs is 1. The van der Waals surface area contributed by atoms with Gasteiger partial charge in [-0.25, -0.2) is 4.98 Å². The number of aromatic nitrogens is 2. The minimum absolute atomic E-state index is 0.226. The first-order valence-corrected chi connectivity index (χ1v) is 6.51. The molecule has 0 bridgehead atoms. The van der Waals surface area contributed by atoms with Crippen LogP contribution in [0.2, 0.25) is 0 Å². The number of para-hydroxylation sites is 2. The molecule has 0 aliphatic heterocycles. The van der Waals surface area contributed by atoms with Crippen LogP contribution in [0.1, 0.15) is 38.1 Å². The maximum Gasteiger partial charge on any atom is 0.111 e. The van der Waals surface area contributed by atoms with Crippen molar-refractivity contribution in [2.45, 2.75) is 44.7 Å². The predicted octanol–water partition coefficient (Wildman–Crippen LogP) is 2.65. The van der Waals surface area contributed by atoms with Gasteiger partial charge < -0.3 is 10.3 Å². The second-order valence-corrected chi connectivity index (χ2v) is 4.99. The Hall–Kier alpha value is -1.35. The third-order valence-electron chi connectivity index (χ3n) is 3.55. The van der Waals surface area contributed by atoms with Crippen LogP contribution in [0.15, 0.2) is 24.3 Å². The second-order valence-electron chi connectivity index (χ2n) is 4.99. The van der Waals surface area contributed by atoms with E-state index < -0.39 is 0 Å². The molecule has 0 saturated heterocycles. The molecule has 3 heteroatoms. The monoisotopic (exact) mass is 229 g/mol. The lowest BCUT2D eigenvalue weighted by molar-refractivity contribution is 0.592. The Morgan fingerprint density at radius 1 is 1.41 bits per heavy atom. The van der Waals surface area contributed by atoms with E-state index in [2.05, 4.69) is 35.8 Å². The zero-order valence-corrected chi connectivity index (χ0v) is 10.3. The number of imidazole rings is 1. The van der Waals surface area contributed by atoms with Crippen molar-refractivity contribution in [1.29, 1.82) is 0 Å². The van der Waals surface area contributed by atoms with Gasteiger partial charge in [-0.1, -0.05) is 19.1 Å². The predicted molar refractivity (Wildman–Crippen MR) is 70.0 cm³/mol. The van der Waals surface area contributed by atoms with Crippen molar-refractivity contribution >= 4 is 11.0 Å². The molecule has 1 saturated carbocycles. The molecule has 1 fully saturated rings. The van der Waals surface area contributed by atoms with Crippen molar-refractivity contribution in [3.63, 3.8) is 0 Å². The fourth-order valence-corrected chi connectivity index (χ4v) is 2.36. The van der Waals surface area contributed by atoms with Crippen LogP contribution in [-0.4, -0.2) is 15.6 Å². The summed E-state index contributed by atoms with van der Waals surface area (Å²) in [5.74, 6) is 1.17. The largest absolute Gasteiger partial charge is 0.327 e. The van der Waals surface area contributed by atoms with Crippen LogP contribution in [0.3, 0.4) is 0 Å². The van der Waals surface area contributed by atoms with Gasteiger partial charge >= 0.3 is 0 Å². The van der Waals surface area contributed by atoms with Crippen molar-refractivity contribution in [2.75, 3.05) is 0 Å². The Morgan fingerprint density at radius 2 is 2.18 bits per heavy atom. The zero-order chi connectivity index (χ0) is 11.8. The van der Waals surface area contributed by atoms with E-state index in [4.69, 9.17) is 10.7 Å². The maximum atomic E-state index is 6.06. The molecule has 1 aromatic carbocycles. The van der Waals surface area contributed by atoms with Gasteiger partial charge in [0.05, 0.1) is 11.0 Å². The zero-order valence-electron chi connectivity index (χ0n) is 10.3. The molecule has 1 heterocycles. The van der Waals surface area contributed by atoms with Crippen molar-refractivity contribution < 1.29 is 0 Å². The molecule has 3 nitrogen and oxygen atoms in total. The molecule has 0 spiro atoms. The summed E-state index contributed by atoms with van der Waals surface area (Å²) in [6.07, 6.45) is 4.47. The SMILES string of the molecule is CCC(N)Cc1nc2ccccc2n1C1CC1. The Labute approximate surface area is 102 Å². The van der Waals surface area contributed by atoms with Crippen LogP contribution < -0.4 is 5.73 Å². The molecular weight excluding hydrogens is 210 g/mol. The van der Waals surface area contributed by atoms with E-state index in [1.54, 1.807) is 0 Å². The van der Waals surface area contributed by atoms with E-state index in [9.17, 15) is 0 Å². The van der Waals surface area contributed by atoms with Crippen molar-refractivity contribution in [3.8, 4) is 0 Å². The van der Waals surface area contributed by atoms with Gasteiger partial charge in [-0.15, -0.1) is 0 Å². The Bertz CT molecular complexity index is 525. The summed E-state index contributed by atoms with van der Waals surface area (Å²) >= 11 is 0. The van der Waals surface area contributed by atoms with E-state index in [1.807, 2.05) is 0 Å². The van der Waals surface area contributed by atoms with Crippen molar-refractivity contribution in [1.82, 2.24) is 9.55 Å². The highest BCUT2D eigenvalue weighted by atomic mass is 15.1. The van der Waals surface area contributed by atoms with Gasteiger partial charge in [-0.05, 0) is 31.4 Å². The molecule has 1 unspecified atom stereocenters. The van der Waals surface area contributed by atoms with E-state index in [-0.39, 0.29) is 6.04 Å². The Kier molecular flexibility index (Phi) is 2.63. The van der Waals surface area contributed by atoms with Gasteiger partial charge in [0.2, 0.25) is 0 Å². The van der Waals surface area contributed by atoms with Crippen LogP contribution in [0.4, 0.5) is 0 Å². The molecule has 2 aromatic rings. The fourth-order valence-electron chi connectivity index (χ4n) is 2.36. The van der Waals surface area contributed by atoms with Gasteiger partial charge in [-0.2, -0.15) is 0 Å². The summed E-state index contributed by atoms with van der Waals surface area (Å²) in [6, 6.07) is 9.30. The lowest BCUT2D eigenvalue weighted by Crippen LogP contribution is -2.23. The van der Waals surface area contributed by atoms with Crippen molar-refractivity contribution in [3.05, 3.63) is 30.1 Å². The highest BCUT2D eigenvalue weighted by molar-refractivity contribution is 5.76. The molecule has 1 aliphatic rings. The molecular formula is C14H19N3. The third-order valence-corrected chi connectivity index (χ3v) is 3.55. The topological polar surface area (TPSA) is 43.8 Å². The second kappa shape index (κ2) is 4.15. The normalized spacial score (nSPS) is 17.5. The van der Waals surface area contributed by atoms with Crippen LogP contribution >= 0.6 is 0 Å². The third kappa shape index (κ3) is 1.95.